The summed E-state index contributed by atoms with van der Waals surface area (Å²) >= 11 is 0. The first-order valence-corrected chi connectivity index (χ1v) is 5.69. The summed E-state index contributed by atoms with van der Waals surface area (Å²) in [6.07, 6.45) is 1.66. The van der Waals surface area contributed by atoms with E-state index in [1.54, 1.807) is 12.3 Å². The number of aromatic hydroxyl groups is 2. The van der Waals surface area contributed by atoms with Crippen LogP contribution in [0.15, 0.2) is 41.4 Å². The highest BCUT2D eigenvalue weighted by Crippen LogP contribution is 2.25. The molecule has 92 valence electrons. The number of benzene rings is 2. The minimum Gasteiger partial charge on any atom is -0.504 e. The molecule has 0 heterocycles. The zero-order valence-electron chi connectivity index (χ0n) is 10.4. The van der Waals surface area contributed by atoms with E-state index in [4.69, 9.17) is 0 Å². The van der Waals surface area contributed by atoms with Crippen LogP contribution in [0.25, 0.3) is 0 Å². The molecule has 0 aliphatic carbocycles. The van der Waals surface area contributed by atoms with Gasteiger partial charge in [-0.25, -0.2) is 0 Å². The second-order valence-corrected chi connectivity index (χ2v) is 4.30. The van der Waals surface area contributed by atoms with Crippen molar-refractivity contribution in [3.63, 3.8) is 0 Å². The van der Waals surface area contributed by atoms with Crippen molar-refractivity contribution >= 4 is 11.9 Å². The lowest BCUT2D eigenvalue weighted by Crippen LogP contribution is -1.82. The maximum absolute atomic E-state index is 9.38. The molecule has 0 aliphatic heterocycles. The molecule has 0 spiro atoms. The Morgan fingerprint density at radius 1 is 0.944 bits per heavy atom. The Kier molecular flexibility index (Phi) is 3.33. The summed E-state index contributed by atoms with van der Waals surface area (Å²) in [5, 5.41) is 18.6. The van der Waals surface area contributed by atoms with Gasteiger partial charge in [-0.05, 0) is 49.2 Å². The Labute approximate surface area is 106 Å². The van der Waals surface area contributed by atoms with Gasteiger partial charge in [0.2, 0.25) is 0 Å². The van der Waals surface area contributed by atoms with Crippen molar-refractivity contribution in [2.75, 3.05) is 0 Å². The first-order chi connectivity index (χ1) is 8.56. The maximum Gasteiger partial charge on any atom is 0.158 e. The SMILES string of the molecule is Cc1ccc(N=Cc2ccc(O)c(O)c2)c(C)c1. The molecule has 3 heteroatoms. The summed E-state index contributed by atoms with van der Waals surface area (Å²) in [6.45, 7) is 4.05. The first kappa shape index (κ1) is 12.2. The Hall–Kier alpha value is -2.29. The fraction of sp³-hybridized carbons (Fsp3) is 0.133. The van der Waals surface area contributed by atoms with Crippen molar-refractivity contribution in [1.29, 1.82) is 0 Å². The van der Waals surface area contributed by atoms with Crippen LogP contribution in [-0.4, -0.2) is 16.4 Å². The number of aryl methyl sites for hydroxylation is 2. The number of rotatable bonds is 2. The highest BCUT2D eigenvalue weighted by Gasteiger charge is 1.99. The lowest BCUT2D eigenvalue weighted by molar-refractivity contribution is 0.403. The molecule has 18 heavy (non-hydrogen) atoms. The van der Waals surface area contributed by atoms with Gasteiger partial charge in [0.25, 0.3) is 0 Å². The van der Waals surface area contributed by atoms with Crippen molar-refractivity contribution in [1.82, 2.24) is 0 Å². The van der Waals surface area contributed by atoms with E-state index in [9.17, 15) is 10.2 Å². The second-order valence-electron chi connectivity index (χ2n) is 4.30. The van der Waals surface area contributed by atoms with Gasteiger partial charge in [-0.1, -0.05) is 17.7 Å². The normalized spacial score (nSPS) is 11.0. The molecule has 0 saturated carbocycles. The Bertz CT molecular complexity index is 603. The molecule has 2 aromatic carbocycles. The third-order valence-corrected chi connectivity index (χ3v) is 2.70. The molecular formula is C15H15NO2. The van der Waals surface area contributed by atoms with E-state index in [2.05, 4.69) is 11.1 Å². The van der Waals surface area contributed by atoms with Crippen molar-refractivity contribution < 1.29 is 10.2 Å². The fourth-order valence-electron chi connectivity index (χ4n) is 1.72. The highest BCUT2D eigenvalue weighted by molar-refractivity contribution is 5.83. The van der Waals surface area contributed by atoms with Crippen LogP contribution in [0.4, 0.5) is 5.69 Å². The van der Waals surface area contributed by atoms with Crippen LogP contribution < -0.4 is 0 Å². The van der Waals surface area contributed by atoms with Gasteiger partial charge in [-0.15, -0.1) is 0 Å². The molecule has 0 unspecified atom stereocenters. The van der Waals surface area contributed by atoms with Crippen LogP contribution in [0, 0.1) is 13.8 Å². The first-order valence-electron chi connectivity index (χ1n) is 5.69. The molecule has 0 fully saturated rings. The molecule has 0 aliphatic rings. The minimum atomic E-state index is -0.139. The van der Waals surface area contributed by atoms with Crippen LogP contribution >= 0.6 is 0 Å². The predicted octanol–water partition coefficient (Wildman–Crippen LogP) is 3.47. The van der Waals surface area contributed by atoms with Gasteiger partial charge in [-0.3, -0.25) is 4.99 Å². The van der Waals surface area contributed by atoms with E-state index in [0.29, 0.717) is 0 Å². The van der Waals surface area contributed by atoms with Gasteiger partial charge in [0, 0.05) is 6.21 Å². The molecule has 0 saturated heterocycles. The number of phenols is 2. The van der Waals surface area contributed by atoms with Gasteiger partial charge in [0.1, 0.15) is 0 Å². The van der Waals surface area contributed by atoms with Crippen molar-refractivity contribution in [2.24, 2.45) is 4.99 Å². The summed E-state index contributed by atoms with van der Waals surface area (Å²) in [5.41, 5.74) is 3.95. The van der Waals surface area contributed by atoms with E-state index in [0.717, 1.165) is 16.8 Å². The molecule has 3 nitrogen and oxygen atoms in total. The monoisotopic (exact) mass is 241 g/mol. The molecule has 2 rings (SSSR count). The lowest BCUT2D eigenvalue weighted by Gasteiger charge is -2.02. The Morgan fingerprint density at radius 3 is 2.39 bits per heavy atom. The third-order valence-electron chi connectivity index (χ3n) is 2.70. The number of aliphatic imine (C=N–C) groups is 1. The third kappa shape index (κ3) is 2.69. The highest BCUT2D eigenvalue weighted by atomic mass is 16.3. The minimum absolute atomic E-state index is 0.126. The van der Waals surface area contributed by atoms with E-state index in [-0.39, 0.29) is 11.5 Å². The molecule has 2 N–H and O–H groups in total. The summed E-state index contributed by atoms with van der Waals surface area (Å²) in [5.74, 6) is -0.266. The number of hydrogen-bond donors (Lipinski definition) is 2. The topological polar surface area (TPSA) is 52.8 Å². The van der Waals surface area contributed by atoms with Crippen LogP contribution in [0.5, 0.6) is 11.5 Å². The molecule has 0 aromatic heterocycles. The van der Waals surface area contributed by atoms with E-state index in [1.807, 2.05) is 26.0 Å². The summed E-state index contributed by atoms with van der Waals surface area (Å²) in [7, 11) is 0. The van der Waals surface area contributed by atoms with E-state index in [1.165, 1.54) is 17.7 Å². The van der Waals surface area contributed by atoms with E-state index < -0.39 is 0 Å². The summed E-state index contributed by atoms with van der Waals surface area (Å²) in [6, 6.07) is 10.7. The average molecular weight is 241 g/mol. The standard InChI is InChI=1S/C15H15NO2/c1-10-3-5-13(11(2)7-10)16-9-12-4-6-14(17)15(18)8-12/h3-9,17-18H,1-2H3. The molecule has 0 bridgehead atoms. The van der Waals surface area contributed by atoms with Crippen LogP contribution in [0.1, 0.15) is 16.7 Å². The quantitative estimate of drug-likeness (QED) is 0.625. The zero-order chi connectivity index (χ0) is 13.1. The zero-order valence-corrected chi connectivity index (χ0v) is 10.4. The van der Waals surface area contributed by atoms with Gasteiger partial charge in [-0.2, -0.15) is 0 Å². The maximum atomic E-state index is 9.38. The Balaban J connectivity index is 2.27. The Morgan fingerprint density at radius 2 is 1.72 bits per heavy atom. The van der Waals surface area contributed by atoms with Gasteiger partial charge in [0.15, 0.2) is 11.5 Å². The van der Waals surface area contributed by atoms with Crippen LogP contribution in [-0.2, 0) is 0 Å². The van der Waals surface area contributed by atoms with Crippen molar-refractivity contribution in [2.45, 2.75) is 13.8 Å². The molecule has 0 radical (unpaired) electrons. The molecule has 0 amide bonds. The molecular weight excluding hydrogens is 226 g/mol. The number of hydrogen-bond acceptors (Lipinski definition) is 3. The second kappa shape index (κ2) is 4.92. The van der Waals surface area contributed by atoms with Crippen LogP contribution in [0.3, 0.4) is 0 Å². The average Bonchev–Trinajstić information content (AvgIpc) is 2.32. The van der Waals surface area contributed by atoms with Crippen LogP contribution in [0.2, 0.25) is 0 Å². The van der Waals surface area contributed by atoms with Crippen molar-refractivity contribution in [3.05, 3.63) is 53.1 Å². The smallest absolute Gasteiger partial charge is 0.158 e. The van der Waals surface area contributed by atoms with Gasteiger partial charge in [0.05, 0.1) is 5.69 Å². The largest absolute Gasteiger partial charge is 0.504 e. The van der Waals surface area contributed by atoms with E-state index >= 15 is 0 Å². The summed E-state index contributed by atoms with van der Waals surface area (Å²) in [4.78, 5) is 4.37. The van der Waals surface area contributed by atoms with Gasteiger partial charge >= 0.3 is 0 Å². The fourth-order valence-corrected chi connectivity index (χ4v) is 1.72. The molecule has 2 aromatic rings. The van der Waals surface area contributed by atoms with Crippen molar-refractivity contribution in [3.8, 4) is 11.5 Å². The lowest BCUT2D eigenvalue weighted by atomic mass is 10.1. The summed E-state index contributed by atoms with van der Waals surface area (Å²) < 4.78 is 0. The number of nitrogens with zero attached hydrogens (tertiary/aromatic N) is 1. The van der Waals surface area contributed by atoms with Gasteiger partial charge < -0.3 is 10.2 Å². The predicted molar refractivity (Wildman–Crippen MR) is 72.9 cm³/mol. The number of phenolic OH excluding ortho intramolecular Hbond substituents is 2. The molecule has 0 atom stereocenters.